The molecule has 6 nitrogen and oxygen atoms in total. The van der Waals surface area contributed by atoms with Gasteiger partial charge in [-0.2, -0.15) is 0 Å². The SMILES string of the molecule is C/C(=C\c1[nH]c2c(c1C)C(=O)N(CCN(C)C)CCC2)c1cc(Br)ccc1NC=O. The van der Waals surface area contributed by atoms with E-state index >= 15 is 0 Å². The molecule has 2 aromatic rings. The van der Waals surface area contributed by atoms with E-state index in [-0.39, 0.29) is 5.91 Å². The van der Waals surface area contributed by atoms with Gasteiger partial charge < -0.3 is 20.1 Å². The Hall–Kier alpha value is -2.38. The molecule has 30 heavy (non-hydrogen) atoms. The molecule has 1 aromatic heterocycles. The van der Waals surface area contributed by atoms with E-state index in [1.165, 1.54) is 0 Å². The Balaban J connectivity index is 1.96. The van der Waals surface area contributed by atoms with E-state index in [4.69, 9.17) is 0 Å². The van der Waals surface area contributed by atoms with Crippen molar-refractivity contribution >= 4 is 45.6 Å². The first kappa shape index (κ1) is 22.3. The van der Waals surface area contributed by atoms with Crippen LogP contribution in [0.5, 0.6) is 0 Å². The lowest BCUT2D eigenvalue weighted by atomic mass is 10.0. The quantitative estimate of drug-likeness (QED) is 0.594. The summed E-state index contributed by atoms with van der Waals surface area (Å²) < 4.78 is 0.937. The van der Waals surface area contributed by atoms with Gasteiger partial charge in [-0.15, -0.1) is 0 Å². The Morgan fingerprint density at radius 1 is 1.37 bits per heavy atom. The first-order valence-electron chi connectivity index (χ1n) is 10.2. The predicted octanol–water partition coefficient (Wildman–Crippen LogP) is 4.16. The highest BCUT2D eigenvalue weighted by molar-refractivity contribution is 9.10. The number of hydrogen-bond acceptors (Lipinski definition) is 3. The molecule has 0 atom stereocenters. The number of aryl methyl sites for hydroxylation is 1. The summed E-state index contributed by atoms with van der Waals surface area (Å²) >= 11 is 3.51. The Bertz CT molecular complexity index is 978. The van der Waals surface area contributed by atoms with Gasteiger partial charge in [-0.1, -0.05) is 15.9 Å². The molecular weight excluding hydrogens is 444 g/mol. The molecule has 0 saturated carbocycles. The van der Waals surface area contributed by atoms with Gasteiger partial charge in [0.1, 0.15) is 0 Å². The Morgan fingerprint density at radius 2 is 2.13 bits per heavy atom. The number of nitrogens with one attached hydrogen (secondary N) is 2. The van der Waals surface area contributed by atoms with Crippen LogP contribution in [0.15, 0.2) is 22.7 Å². The van der Waals surface area contributed by atoms with Crippen molar-refractivity contribution in [1.82, 2.24) is 14.8 Å². The van der Waals surface area contributed by atoms with E-state index in [0.717, 1.165) is 76.3 Å². The van der Waals surface area contributed by atoms with Gasteiger partial charge in [0.05, 0.1) is 5.56 Å². The molecule has 0 unspecified atom stereocenters. The number of benzene rings is 1. The molecular formula is C23H29BrN4O2. The van der Waals surface area contributed by atoms with Crippen molar-refractivity contribution in [2.75, 3.05) is 39.0 Å². The summed E-state index contributed by atoms with van der Waals surface area (Å²) in [6.45, 7) is 6.39. The molecule has 1 aliphatic heterocycles. The number of carbonyl (C=O) groups is 2. The van der Waals surface area contributed by atoms with Crippen LogP contribution < -0.4 is 5.32 Å². The van der Waals surface area contributed by atoms with E-state index in [1.54, 1.807) is 0 Å². The summed E-state index contributed by atoms with van der Waals surface area (Å²) in [5, 5.41) is 2.76. The second kappa shape index (κ2) is 9.62. The van der Waals surface area contributed by atoms with E-state index in [0.29, 0.717) is 6.41 Å². The highest BCUT2D eigenvalue weighted by Crippen LogP contribution is 2.31. The lowest BCUT2D eigenvalue weighted by Gasteiger charge is -2.23. The van der Waals surface area contributed by atoms with Crippen LogP contribution in [0.1, 0.15) is 46.2 Å². The van der Waals surface area contributed by atoms with Crippen LogP contribution in [-0.2, 0) is 11.2 Å². The number of fused-ring (bicyclic) bond motifs is 1. The largest absolute Gasteiger partial charge is 0.358 e. The number of aromatic nitrogens is 1. The minimum atomic E-state index is 0.112. The van der Waals surface area contributed by atoms with E-state index in [2.05, 4.69) is 37.2 Å². The van der Waals surface area contributed by atoms with E-state index < -0.39 is 0 Å². The minimum absolute atomic E-state index is 0.112. The van der Waals surface area contributed by atoms with Crippen molar-refractivity contribution in [1.29, 1.82) is 0 Å². The molecule has 160 valence electrons. The van der Waals surface area contributed by atoms with Gasteiger partial charge in [0, 0.05) is 46.7 Å². The zero-order chi connectivity index (χ0) is 21.8. The van der Waals surface area contributed by atoms with E-state index in [9.17, 15) is 9.59 Å². The fraction of sp³-hybridized carbons (Fsp3) is 0.391. The topological polar surface area (TPSA) is 68.4 Å². The molecule has 7 heteroatoms. The van der Waals surface area contributed by atoms with Crippen LogP contribution in [-0.4, -0.2) is 60.8 Å². The van der Waals surface area contributed by atoms with E-state index in [1.807, 2.05) is 51.0 Å². The van der Waals surface area contributed by atoms with Crippen molar-refractivity contribution in [3.8, 4) is 0 Å². The van der Waals surface area contributed by atoms with Crippen molar-refractivity contribution in [3.05, 3.63) is 50.8 Å². The van der Waals surface area contributed by atoms with Gasteiger partial charge in [-0.3, -0.25) is 9.59 Å². The third kappa shape index (κ3) is 4.84. The van der Waals surface area contributed by atoms with Crippen LogP contribution in [0.3, 0.4) is 0 Å². The van der Waals surface area contributed by atoms with Crippen molar-refractivity contribution < 1.29 is 9.59 Å². The Morgan fingerprint density at radius 3 is 2.83 bits per heavy atom. The molecule has 0 radical (unpaired) electrons. The van der Waals surface area contributed by atoms with Crippen LogP contribution in [0.4, 0.5) is 5.69 Å². The Labute approximate surface area is 186 Å². The van der Waals surface area contributed by atoms with Gasteiger partial charge in [0.25, 0.3) is 5.91 Å². The van der Waals surface area contributed by atoms with Crippen molar-refractivity contribution in [2.24, 2.45) is 0 Å². The number of amides is 2. The molecule has 2 N–H and O–H groups in total. The number of anilines is 1. The molecule has 0 saturated heterocycles. The lowest BCUT2D eigenvalue weighted by molar-refractivity contribution is -0.105. The monoisotopic (exact) mass is 472 g/mol. The van der Waals surface area contributed by atoms with Gasteiger partial charge in [-0.05, 0) is 76.2 Å². The summed E-state index contributed by atoms with van der Waals surface area (Å²) in [5.41, 5.74) is 6.42. The number of rotatable bonds is 7. The maximum atomic E-state index is 13.2. The highest BCUT2D eigenvalue weighted by Gasteiger charge is 2.27. The van der Waals surface area contributed by atoms with Crippen molar-refractivity contribution in [2.45, 2.75) is 26.7 Å². The molecule has 0 spiro atoms. The summed E-state index contributed by atoms with van der Waals surface area (Å²) in [6.07, 6.45) is 4.55. The van der Waals surface area contributed by atoms with Crippen LogP contribution in [0, 0.1) is 6.92 Å². The third-order valence-corrected chi connectivity index (χ3v) is 6.01. The third-order valence-electron chi connectivity index (χ3n) is 5.52. The molecule has 2 heterocycles. The number of carbonyl (C=O) groups excluding carboxylic acids is 2. The van der Waals surface area contributed by atoms with Gasteiger partial charge >= 0.3 is 0 Å². The zero-order valence-corrected chi connectivity index (χ0v) is 19.6. The molecule has 0 bridgehead atoms. The molecule has 0 fully saturated rings. The first-order chi connectivity index (χ1) is 14.3. The average Bonchev–Trinajstić information content (AvgIpc) is 2.90. The maximum absolute atomic E-state index is 13.2. The fourth-order valence-electron chi connectivity index (χ4n) is 3.87. The van der Waals surface area contributed by atoms with Gasteiger partial charge in [0.15, 0.2) is 0 Å². The van der Waals surface area contributed by atoms with Crippen LogP contribution in [0.25, 0.3) is 11.6 Å². The second-order valence-corrected chi connectivity index (χ2v) is 8.91. The lowest BCUT2D eigenvalue weighted by Crippen LogP contribution is -2.36. The number of halogens is 1. The number of aromatic amines is 1. The number of H-pyrrole nitrogens is 1. The number of allylic oxidation sites excluding steroid dienone is 1. The maximum Gasteiger partial charge on any atom is 0.256 e. The summed E-state index contributed by atoms with van der Waals surface area (Å²) in [7, 11) is 4.05. The van der Waals surface area contributed by atoms with Gasteiger partial charge in [-0.25, -0.2) is 0 Å². The predicted molar refractivity (Wildman–Crippen MR) is 126 cm³/mol. The summed E-state index contributed by atoms with van der Waals surface area (Å²) in [4.78, 5) is 31.8. The molecule has 1 aromatic carbocycles. The second-order valence-electron chi connectivity index (χ2n) is 8.00. The minimum Gasteiger partial charge on any atom is -0.358 e. The van der Waals surface area contributed by atoms with Crippen LogP contribution >= 0.6 is 15.9 Å². The molecule has 1 aliphatic rings. The number of likely N-dealkylation sites (N-methyl/N-ethyl adjacent to an activating group) is 1. The standard InChI is InChI=1S/C23H29BrN4O2/c1-15(18-13-17(24)7-8-19(18)25-14-29)12-21-16(2)22-20(26-21)6-5-9-28(23(22)30)11-10-27(3)4/h7-8,12-14,26H,5-6,9-11H2,1-4H3,(H,25,29)/b15-12+. The summed E-state index contributed by atoms with van der Waals surface area (Å²) in [5.74, 6) is 0.112. The van der Waals surface area contributed by atoms with Crippen molar-refractivity contribution in [3.63, 3.8) is 0 Å². The number of nitrogens with zero attached hydrogens (tertiary/aromatic N) is 2. The highest BCUT2D eigenvalue weighted by atomic mass is 79.9. The molecule has 3 rings (SSSR count). The van der Waals surface area contributed by atoms with Gasteiger partial charge in [0.2, 0.25) is 6.41 Å². The van der Waals surface area contributed by atoms with Crippen LogP contribution in [0.2, 0.25) is 0 Å². The fourth-order valence-corrected chi connectivity index (χ4v) is 4.23. The smallest absolute Gasteiger partial charge is 0.256 e. The first-order valence-corrected chi connectivity index (χ1v) is 10.9. The number of hydrogen-bond donors (Lipinski definition) is 2. The summed E-state index contributed by atoms with van der Waals surface area (Å²) in [6, 6.07) is 5.74. The molecule has 2 amide bonds. The average molecular weight is 473 g/mol. The zero-order valence-electron chi connectivity index (χ0n) is 18.0. The Kier molecular flexibility index (Phi) is 7.15. The molecule has 0 aliphatic carbocycles. The normalized spacial score (nSPS) is 14.7.